The van der Waals surface area contributed by atoms with Gasteiger partial charge in [-0.25, -0.2) is 0 Å². The van der Waals surface area contributed by atoms with E-state index in [1.54, 1.807) is 6.08 Å². The summed E-state index contributed by atoms with van der Waals surface area (Å²) in [5, 5.41) is 3.08. The first-order valence-corrected chi connectivity index (χ1v) is 6.32. The van der Waals surface area contributed by atoms with Crippen LogP contribution in [0.1, 0.15) is 45.4 Å². The minimum Gasteiger partial charge on any atom is -0.352 e. The van der Waals surface area contributed by atoms with E-state index < -0.39 is 6.04 Å². The summed E-state index contributed by atoms with van der Waals surface area (Å²) in [5.41, 5.74) is 5.75. The molecule has 0 bridgehead atoms. The molecule has 3 atom stereocenters. The standard InChI is InChI=1S/C13H24N2O/c1-3-7-11(14)13(16)15-12-9-6-4-5-8-10(12)2/h3,10-12H,1,4-9,14H2,2H3,(H,15,16). The first-order valence-electron chi connectivity index (χ1n) is 6.32. The maximum atomic E-state index is 11.8. The third kappa shape index (κ3) is 3.97. The molecule has 1 saturated carbocycles. The van der Waals surface area contributed by atoms with Crippen molar-refractivity contribution < 1.29 is 4.79 Å². The van der Waals surface area contributed by atoms with Crippen LogP contribution in [-0.2, 0) is 4.79 Å². The smallest absolute Gasteiger partial charge is 0.237 e. The normalized spacial score (nSPS) is 27.9. The van der Waals surface area contributed by atoms with Gasteiger partial charge in [0.25, 0.3) is 0 Å². The van der Waals surface area contributed by atoms with E-state index >= 15 is 0 Å². The van der Waals surface area contributed by atoms with Crippen LogP contribution >= 0.6 is 0 Å². The van der Waals surface area contributed by atoms with E-state index in [9.17, 15) is 4.79 Å². The SMILES string of the molecule is C=CCC(N)C(=O)NC1CCCCCC1C. The summed E-state index contributed by atoms with van der Waals surface area (Å²) < 4.78 is 0. The maximum absolute atomic E-state index is 11.8. The highest BCUT2D eigenvalue weighted by Crippen LogP contribution is 2.22. The van der Waals surface area contributed by atoms with Crippen molar-refractivity contribution in [3.63, 3.8) is 0 Å². The molecule has 3 unspecified atom stereocenters. The monoisotopic (exact) mass is 224 g/mol. The Morgan fingerprint density at radius 1 is 1.50 bits per heavy atom. The molecular formula is C13H24N2O. The average molecular weight is 224 g/mol. The second kappa shape index (κ2) is 6.69. The molecule has 0 heterocycles. The molecule has 16 heavy (non-hydrogen) atoms. The Hall–Kier alpha value is -0.830. The Morgan fingerprint density at radius 2 is 2.19 bits per heavy atom. The van der Waals surface area contributed by atoms with Crippen LogP contribution in [0.25, 0.3) is 0 Å². The van der Waals surface area contributed by atoms with Crippen LogP contribution in [0.3, 0.4) is 0 Å². The van der Waals surface area contributed by atoms with Crippen molar-refractivity contribution in [1.29, 1.82) is 0 Å². The van der Waals surface area contributed by atoms with Crippen LogP contribution < -0.4 is 11.1 Å². The number of nitrogens with one attached hydrogen (secondary N) is 1. The number of nitrogens with two attached hydrogens (primary N) is 1. The van der Waals surface area contributed by atoms with Gasteiger partial charge in [-0.3, -0.25) is 4.79 Å². The van der Waals surface area contributed by atoms with Gasteiger partial charge in [0, 0.05) is 6.04 Å². The van der Waals surface area contributed by atoms with E-state index in [4.69, 9.17) is 5.73 Å². The van der Waals surface area contributed by atoms with Gasteiger partial charge in [0.1, 0.15) is 0 Å². The van der Waals surface area contributed by atoms with Gasteiger partial charge in [-0.15, -0.1) is 6.58 Å². The van der Waals surface area contributed by atoms with E-state index in [0.29, 0.717) is 18.4 Å². The van der Waals surface area contributed by atoms with Gasteiger partial charge in [0.15, 0.2) is 0 Å². The van der Waals surface area contributed by atoms with Crippen LogP contribution in [0.2, 0.25) is 0 Å². The lowest BCUT2D eigenvalue weighted by atomic mass is 9.96. The maximum Gasteiger partial charge on any atom is 0.237 e. The Kier molecular flexibility index (Phi) is 5.53. The average Bonchev–Trinajstić information content (AvgIpc) is 2.45. The third-order valence-electron chi connectivity index (χ3n) is 3.45. The number of amides is 1. The van der Waals surface area contributed by atoms with Crippen molar-refractivity contribution in [3.05, 3.63) is 12.7 Å². The predicted molar refractivity (Wildman–Crippen MR) is 67.0 cm³/mol. The van der Waals surface area contributed by atoms with Crippen molar-refractivity contribution in [2.45, 2.75) is 57.5 Å². The van der Waals surface area contributed by atoms with Gasteiger partial charge in [-0.05, 0) is 25.2 Å². The highest BCUT2D eigenvalue weighted by Gasteiger charge is 2.23. The fourth-order valence-electron chi connectivity index (χ4n) is 2.28. The fraction of sp³-hybridized carbons (Fsp3) is 0.769. The highest BCUT2D eigenvalue weighted by atomic mass is 16.2. The van der Waals surface area contributed by atoms with Crippen molar-refractivity contribution in [2.24, 2.45) is 11.7 Å². The summed E-state index contributed by atoms with van der Waals surface area (Å²) >= 11 is 0. The lowest BCUT2D eigenvalue weighted by Crippen LogP contribution is -2.47. The number of carbonyl (C=O) groups excluding carboxylic acids is 1. The predicted octanol–water partition coefficient (Wildman–Crippen LogP) is 1.97. The Morgan fingerprint density at radius 3 is 2.88 bits per heavy atom. The van der Waals surface area contributed by atoms with Crippen LogP contribution in [0, 0.1) is 5.92 Å². The fourth-order valence-corrected chi connectivity index (χ4v) is 2.28. The summed E-state index contributed by atoms with van der Waals surface area (Å²) in [4.78, 5) is 11.8. The zero-order valence-corrected chi connectivity index (χ0v) is 10.2. The number of rotatable bonds is 4. The molecule has 1 aliphatic carbocycles. The molecular weight excluding hydrogens is 200 g/mol. The molecule has 0 radical (unpaired) electrons. The molecule has 1 amide bonds. The zero-order valence-electron chi connectivity index (χ0n) is 10.2. The molecule has 0 saturated heterocycles. The summed E-state index contributed by atoms with van der Waals surface area (Å²) in [6, 6.07) is -0.126. The zero-order chi connectivity index (χ0) is 12.0. The van der Waals surface area contributed by atoms with Gasteiger partial charge in [-0.2, -0.15) is 0 Å². The van der Waals surface area contributed by atoms with Gasteiger partial charge in [0.05, 0.1) is 6.04 Å². The van der Waals surface area contributed by atoms with Crippen LogP contribution in [0.15, 0.2) is 12.7 Å². The lowest BCUT2D eigenvalue weighted by Gasteiger charge is -2.24. The van der Waals surface area contributed by atoms with Crippen molar-refractivity contribution >= 4 is 5.91 Å². The number of hydrogen-bond acceptors (Lipinski definition) is 2. The molecule has 0 aromatic carbocycles. The number of carbonyl (C=O) groups is 1. The minimum absolute atomic E-state index is 0.0290. The Labute approximate surface area is 98.5 Å². The molecule has 92 valence electrons. The van der Waals surface area contributed by atoms with E-state index in [1.807, 2.05) is 0 Å². The minimum atomic E-state index is -0.437. The molecule has 0 aromatic heterocycles. The quantitative estimate of drug-likeness (QED) is 0.566. The summed E-state index contributed by atoms with van der Waals surface area (Å²) in [6.45, 7) is 5.82. The van der Waals surface area contributed by atoms with Gasteiger partial charge in [0.2, 0.25) is 5.91 Å². The molecule has 3 nitrogen and oxygen atoms in total. The van der Waals surface area contributed by atoms with Crippen LogP contribution in [0.5, 0.6) is 0 Å². The molecule has 1 aliphatic rings. The van der Waals surface area contributed by atoms with E-state index in [0.717, 1.165) is 6.42 Å². The summed E-state index contributed by atoms with van der Waals surface area (Å²) in [6.07, 6.45) is 8.33. The Bertz CT molecular complexity index is 240. The third-order valence-corrected chi connectivity index (χ3v) is 3.45. The Balaban J connectivity index is 2.44. The van der Waals surface area contributed by atoms with Crippen LogP contribution in [0.4, 0.5) is 0 Å². The molecule has 3 heteroatoms. The molecule has 1 fully saturated rings. The van der Waals surface area contributed by atoms with Crippen molar-refractivity contribution in [1.82, 2.24) is 5.32 Å². The molecule has 0 aliphatic heterocycles. The van der Waals surface area contributed by atoms with Crippen molar-refractivity contribution in [3.8, 4) is 0 Å². The highest BCUT2D eigenvalue weighted by molar-refractivity contribution is 5.81. The topological polar surface area (TPSA) is 55.1 Å². The number of hydrogen-bond donors (Lipinski definition) is 2. The van der Waals surface area contributed by atoms with Crippen LogP contribution in [-0.4, -0.2) is 18.0 Å². The summed E-state index contributed by atoms with van der Waals surface area (Å²) in [7, 11) is 0. The lowest BCUT2D eigenvalue weighted by molar-refractivity contribution is -0.123. The van der Waals surface area contributed by atoms with Gasteiger partial charge < -0.3 is 11.1 Å². The van der Waals surface area contributed by atoms with Crippen molar-refractivity contribution in [2.75, 3.05) is 0 Å². The van der Waals surface area contributed by atoms with E-state index in [2.05, 4.69) is 18.8 Å². The first-order chi connectivity index (χ1) is 7.65. The largest absolute Gasteiger partial charge is 0.352 e. The van der Waals surface area contributed by atoms with E-state index in [1.165, 1.54) is 25.7 Å². The van der Waals surface area contributed by atoms with E-state index in [-0.39, 0.29) is 5.91 Å². The second-order valence-electron chi connectivity index (χ2n) is 4.86. The van der Waals surface area contributed by atoms with Gasteiger partial charge in [-0.1, -0.05) is 32.3 Å². The second-order valence-corrected chi connectivity index (χ2v) is 4.86. The van der Waals surface area contributed by atoms with Gasteiger partial charge >= 0.3 is 0 Å². The molecule has 0 spiro atoms. The molecule has 0 aromatic rings. The summed E-state index contributed by atoms with van der Waals surface area (Å²) in [5.74, 6) is 0.543. The first kappa shape index (κ1) is 13.2. The molecule has 1 rings (SSSR count). The molecule has 3 N–H and O–H groups in total.